The van der Waals surface area contributed by atoms with Crippen LogP contribution in [0.15, 0.2) is 16.6 Å². The predicted molar refractivity (Wildman–Crippen MR) is 71.6 cm³/mol. The Hall–Kier alpha value is -1.43. The smallest absolute Gasteiger partial charge is 0.404 e. The van der Waals surface area contributed by atoms with Crippen molar-refractivity contribution in [2.75, 3.05) is 14.2 Å². The molecule has 0 aromatic heterocycles. The SMILES string of the molecule is COc1cc(CC(C)NC(=O)O)c(OC)cc1Br. The Bertz CT molecular complexity index is 436. The summed E-state index contributed by atoms with van der Waals surface area (Å²) in [7, 11) is 3.16. The first-order chi connectivity index (χ1) is 8.47. The number of carboxylic acid groups (broad SMARTS) is 1. The van der Waals surface area contributed by atoms with Crippen LogP contribution in [-0.2, 0) is 6.42 Å². The summed E-state index contributed by atoms with van der Waals surface area (Å²) in [4.78, 5) is 10.6. The molecule has 0 radical (unpaired) electrons. The molecule has 0 saturated carbocycles. The molecule has 0 fully saturated rings. The number of carbonyl (C=O) groups is 1. The van der Waals surface area contributed by atoms with Crippen LogP contribution in [0.1, 0.15) is 12.5 Å². The molecule has 0 saturated heterocycles. The Labute approximate surface area is 114 Å². The molecule has 0 aliphatic carbocycles. The summed E-state index contributed by atoms with van der Waals surface area (Å²) in [5.41, 5.74) is 0.888. The largest absolute Gasteiger partial charge is 0.496 e. The van der Waals surface area contributed by atoms with Crippen molar-refractivity contribution in [3.8, 4) is 11.5 Å². The van der Waals surface area contributed by atoms with E-state index in [-0.39, 0.29) is 6.04 Å². The molecule has 1 amide bonds. The summed E-state index contributed by atoms with van der Waals surface area (Å²) >= 11 is 3.37. The third kappa shape index (κ3) is 3.80. The number of halogens is 1. The molecule has 1 rings (SSSR count). The van der Waals surface area contributed by atoms with E-state index in [1.54, 1.807) is 21.1 Å². The minimum absolute atomic E-state index is 0.206. The lowest BCUT2D eigenvalue weighted by Gasteiger charge is -2.16. The normalized spacial score (nSPS) is 11.8. The standard InChI is InChI=1S/C12H16BrNO4/c1-7(14-12(15)16)4-8-5-11(18-3)9(13)6-10(8)17-2/h5-7,14H,4H2,1-3H3,(H,15,16). The van der Waals surface area contributed by atoms with Gasteiger partial charge in [0.05, 0.1) is 18.7 Å². The van der Waals surface area contributed by atoms with Gasteiger partial charge in [0, 0.05) is 6.04 Å². The monoisotopic (exact) mass is 317 g/mol. The van der Waals surface area contributed by atoms with Crippen LogP contribution in [0.2, 0.25) is 0 Å². The van der Waals surface area contributed by atoms with Crippen LogP contribution < -0.4 is 14.8 Å². The highest BCUT2D eigenvalue weighted by Crippen LogP contribution is 2.33. The number of ether oxygens (including phenoxy) is 2. The molecule has 1 unspecified atom stereocenters. The van der Waals surface area contributed by atoms with Crippen molar-refractivity contribution in [2.45, 2.75) is 19.4 Å². The van der Waals surface area contributed by atoms with Crippen LogP contribution in [-0.4, -0.2) is 31.5 Å². The lowest BCUT2D eigenvalue weighted by molar-refractivity contribution is 0.190. The summed E-state index contributed by atoms with van der Waals surface area (Å²) in [5.74, 6) is 1.38. The van der Waals surface area contributed by atoms with Gasteiger partial charge < -0.3 is 19.9 Å². The van der Waals surface area contributed by atoms with Crippen molar-refractivity contribution < 1.29 is 19.4 Å². The zero-order valence-electron chi connectivity index (χ0n) is 10.5. The zero-order valence-corrected chi connectivity index (χ0v) is 12.1. The molecular weight excluding hydrogens is 302 g/mol. The molecule has 100 valence electrons. The van der Waals surface area contributed by atoms with Crippen LogP contribution in [0.3, 0.4) is 0 Å². The van der Waals surface area contributed by atoms with Gasteiger partial charge in [-0.1, -0.05) is 0 Å². The van der Waals surface area contributed by atoms with E-state index in [4.69, 9.17) is 14.6 Å². The van der Waals surface area contributed by atoms with Crippen molar-refractivity contribution in [1.82, 2.24) is 5.32 Å². The van der Waals surface area contributed by atoms with Gasteiger partial charge in [0.25, 0.3) is 0 Å². The van der Waals surface area contributed by atoms with E-state index >= 15 is 0 Å². The summed E-state index contributed by atoms with van der Waals surface area (Å²) < 4.78 is 11.3. The Morgan fingerprint density at radius 2 is 2.00 bits per heavy atom. The molecule has 1 aromatic carbocycles. The molecule has 1 atom stereocenters. The van der Waals surface area contributed by atoms with E-state index in [1.165, 1.54) is 0 Å². The van der Waals surface area contributed by atoms with Crippen LogP contribution in [0.4, 0.5) is 4.79 Å². The fraction of sp³-hybridized carbons (Fsp3) is 0.417. The average Bonchev–Trinajstić information content (AvgIpc) is 2.29. The average molecular weight is 318 g/mol. The van der Waals surface area contributed by atoms with Crippen LogP contribution in [0.25, 0.3) is 0 Å². The number of nitrogens with one attached hydrogen (secondary N) is 1. The first-order valence-corrected chi connectivity index (χ1v) is 6.17. The quantitative estimate of drug-likeness (QED) is 0.876. The lowest BCUT2D eigenvalue weighted by Crippen LogP contribution is -2.32. The molecule has 2 N–H and O–H groups in total. The van der Waals surface area contributed by atoms with Gasteiger partial charge in [-0.25, -0.2) is 4.79 Å². The second-order valence-corrected chi connectivity index (χ2v) is 4.71. The van der Waals surface area contributed by atoms with Gasteiger partial charge >= 0.3 is 6.09 Å². The fourth-order valence-corrected chi connectivity index (χ4v) is 2.16. The number of benzene rings is 1. The van der Waals surface area contributed by atoms with Crippen molar-refractivity contribution in [2.24, 2.45) is 0 Å². The van der Waals surface area contributed by atoms with Gasteiger partial charge in [0.2, 0.25) is 0 Å². The molecule has 0 spiro atoms. The van der Waals surface area contributed by atoms with E-state index < -0.39 is 6.09 Å². The molecule has 0 aliphatic rings. The second-order valence-electron chi connectivity index (χ2n) is 3.85. The Kier molecular flexibility index (Phi) is 5.27. The summed E-state index contributed by atoms with van der Waals surface area (Å²) in [6.07, 6.45) is -0.510. The van der Waals surface area contributed by atoms with Crippen LogP contribution in [0, 0.1) is 0 Å². The maximum Gasteiger partial charge on any atom is 0.404 e. The van der Waals surface area contributed by atoms with Crippen molar-refractivity contribution in [1.29, 1.82) is 0 Å². The molecule has 0 heterocycles. The number of amides is 1. The molecular formula is C12H16BrNO4. The minimum Gasteiger partial charge on any atom is -0.496 e. The predicted octanol–water partition coefficient (Wildman–Crippen LogP) is 2.66. The van der Waals surface area contributed by atoms with E-state index in [9.17, 15) is 4.79 Å². The molecule has 18 heavy (non-hydrogen) atoms. The zero-order chi connectivity index (χ0) is 13.7. The molecule has 6 heteroatoms. The fourth-order valence-electron chi connectivity index (χ4n) is 1.67. The number of hydrogen-bond acceptors (Lipinski definition) is 3. The van der Waals surface area contributed by atoms with Gasteiger partial charge in [-0.15, -0.1) is 0 Å². The summed E-state index contributed by atoms with van der Waals surface area (Å²) in [6, 6.07) is 3.44. The van der Waals surface area contributed by atoms with E-state index in [1.807, 2.05) is 12.1 Å². The van der Waals surface area contributed by atoms with Crippen LogP contribution in [0.5, 0.6) is 11.5 Å². The highest BCUT2D eigenvalue weighted by atomic mass is 79.9. The summed E-state index contributed by atoms with van der Waals surface area (Å²) in [6.45, 7) is 1.79. The third-order valence-corrected chi connectivity index (χ3v) is 3.07. The van der Waals surface area contributed by atoms with Crippen molar-refractivity contribution in [3.05, 3.63) is 22.2 Å². The maximum absolute atomic E-state index is 10.6. The maximum atomic E-state index is 10.6. The van der Waals surface area contributed by atoms with Crippen molar-refractivity contribution in [3.63, 3.8) is 0 Å². The van der Waals surface area contributed by atoms with E-state index in [0.29, 0.717) is 17.9 Å². The number of methoxy groups -OCH3 is 2. The Balaban J connectivity index is 2.95. The summed E-state index contributed by atoms with van der Waals surface area (Å²) in [5, 5.41) is 11.1. The number of hydrogen-bond donors (Lipinski definition) is 2. The topological polar surface area (TPSA) is 67.8 Å². The van der Waals surface area contributed by atoms with E-state index in [0.717, 1.165) is 10.0 Å². The van der Waals surface area contributed by atoms with Gasteiger partial charge in [0.1, 0.15) is 11.5 Å². The first kappa shape index (κ1) is 14.6. The highest BCUT2D eigenvalue weighted by molar-refractivity contribution is 9.10. The van der Waals surface area contributed by atoms with Crippen molar-refractivity contribution >= 4 is 22.0 Å². The highest BCUT2D eigenvalue weighted by Gasteiger charge is 2.13. The number of rotatable bonds is 5. The van der Waals surface area contributed by atoms with Gasteiger partial charge in [-0.05, 0) is 47.0 Å². The minimum atomic E-state index is -1.04. The molecule has 1 aromatic rings. The van der Waals surface area contributed by atoms with Gasteiger partial charge in [-0.3, -0.25) is 0 Å². The Morgan fingerprint density at radius 1 is 1.39 bits per heavy atom. The third-order valence-electron chi connectivity index (χ3n) is 2.45. The first-order valence-electron chi connectivity index (χ1n) is 5.37. The van der Waals surface area contributed by atoms with E-state index in [2.05, 4.69) is 21.2 Å². The Morgan fingerprint density at radius 3 is 2.50 bits per heavy atom. The lowest BCUT2D eigenvalue weighted by atomic mass is 10.1. The van der Waals surface area contributed by atoms with Gasteiger partial charge in [-0.2, -0.15) is 0 Å². The van der Waals surface area contributed by atoms with Gasteiger partial charge in [0.15, 0.2) is 0 Å². The second kappa shape index (κ2) is 6.49. The van der Waals surface area contributed by atoms with Crippen LogP contribution >= 0.6 is 15.9 Å². The molecule has 0 aliphatic heterocycles. The molecule has 0 bridgehead atoms. The molecule has 5 nitrogen and oxygen atoms in total.